The summed E-state index contributed by atoms with van der Waals surface area (Å²) in [5, 5.41) is 10.9. The summed E-state index contributed by atoms with van der Waals surface area (Å²) < 4.78 is 15.9. The van der Waals surface area contributed by atoms with Crippen molar-refractivity contribution in [3.05, 3.63) is 59.6 Å². The van der Waals surface area contributed by atoms with Crippen LogP contribution in [-0.4, -0.2) is 28.8 Å². The van der Waals surface area contributed by atoms with Gasteiger partial charge in [-0.2, -0.15) is 0 Å². The summed E-state index contributed by atoms with van der Waals surface area (Å²) in [7, 11) is 0. The lowest BCUT2D eigenvalue weighted by Gasteiger charge is -2.55. The second-order valence-corrected chi connectivity index (χ2v) is 7.29. The first-order valence-electron chi connectivity index (χ1n) is 8.54. The van der Waals surface area contributed by atoms with Crippen LogP contribution in [0.5, 0.6) is 0 Å². The minimum absolute atomic E-state index is 0.327. The molecule has 5 atom stereocenters. The molecule has 2 bridgehead atoms. The van der Waals surface area contributed by atoms with E-state index in [1.807, 2.05) is 13.8 Å². The summed E-state index contributed by atoms with van der Waals surface area (Å²) in [5.74, 6) is -1.44. The van der Waals surface area contributed by atoms with Crippen LogP contribution in [0.1, 0.15) is 32.4 Å². The highest BCUT2D eigenvalue weighted by molar-refractivity contribution is 5.94. The van der Waals surface area contributed by atoms with Crippen molar-refractivity contribution in [3.63, 3.8) is 0 Å². The van der Waals surface area contributed by atoms with E-state index in [9.17, 15) is 14.7 Å². The Morgan fingerprint density at radius 2 is 2.15 bits per heavy atom. The average molecular weight is 356 g/mol. The van der Waals surface area contributed by atoms with Crippen molar-refractivity contribution in [2.24, 2.45) is 11.3 Å². The molecule has 0 saturated carbocycles. The van der Waals surface area contributed by atoms with Crippen LogP contribution >= 0.6 is 0 Å². The number of carbonyl (C=O) groups excluding carboxylic acids is 2. The highest BCUT2D eigenvalue weighted by atomic mass is 16.6. The normalized spacial score (nSPS) is 35.9. The third-order valence-corrected chi connectivity index (χ3v) is 5.88. The molecule has 4 aliphatic rings. The van der Waals surface area contributed by atoms with Crippen LogP contribution in [0.15, 0.2) is 58.5 Å². The predicted molar refractivity (Wildman–Crippen MR) is 90.6 cm³/mol. The van der Waals surface area contributed by atoms with E-state index >= 15 is 0 Å². The van der Waals surface area contributed by atoms with Gasteiger partial charge < -0.3 is 19.0 Å². The summed E-state index contributed by atoms with van der Waals surface area (Å²) >= 11 is 0. The van der Waals surface area contributed by atoms with Gasteiger partial charge in [0.25, 0.3) is 0 Å². The minimum atomic E-state index is -1.73. The Balaban J connectivity index is 1.65. The van der Waals surface area contributed by atoms with Gasteiger partial charge in [0.15, 0.2) is 5.60 Å². The number of hydrogen-bond donors (Lipinski definition) is 1. The van der Waals surface area contributed by atoms with E-state index in [-0.39, 0.29) is 5.92 Å². The largest absolute Gasteiger partial charge is 0.472 e. The third kappa shape index (κ3) is 2.08. The van der Waals surface area contributed by atoms with E-state index in [0.29, 0.717) is 5.57 Å². The molecule has 5 unspecified atom stereocenters. The van der Waals surface area contributed by atoms with Gasteiger partial charge in [0, 0.05) is 16.9 Å². The molecule has 2 aliphatic carbocycles. The van der Waals surface area contributed by atoms with Crippen molar-refractivity contribution in [3.8, 4) is 0 Å². The Kier molecular flexibility index (Phi) is 3.53. The van der Waals surface area contributed by atoms with Crippen molar-refractivity contribution in [2.75, 3.05) is 0 Å². The first kappa shape index (κ1) is 16.8. The topological polar surface area (TPSA) is 86.0 Å². The molecule has 0 amide bonds. The van der Waals surface area contributed by atoms with Crippen molar-refractivity contribution in [1.82, 2.24) is 0 Å². The predicted octanol–water partition coefficient (Wildman–Crippen LogP) is 2.62. The van der Waals surface area contributed by atoms with E-state index < -0.39 is 35.2 Å². The van der Waals surface area contributed by atoms with Crippen LogP contribution in [0.3, 0.4) is 0 Å². The van der Waals surface area contributed by atoms with Crippen LogP contribution in [-0.2, 0) is 19.1 Å². The van der Waals surface area contributed by atoms with E-state index in [2.05, 4.69) is 0 Å². The zero-order chi connectivity index (χ0) is 18.7. The molecule has 0 spiro atoms. The fraction of sp³-hybridized carbons (Fsp3) is 0.400. The van der Waals surface area contributed by atoms with Crippen LogP contribution in [0.2, 0.25) is 0 Å². The number of rotatable bonds is 3. The molecule has 2 aliphatic heterocycles. The second-order valence-electron chi connectivity index (χ2n) is 7.29. The minimum Gasteiger partial charge on any atom is -0.472 e. The van der Waals surface area contributed by atoms with Gasteiger partial charge in [-0.25, -0.2) is 9.59 Å². The molecule has 0 aromatic carbocycles. The fourth-order valence-electron chi connectivity index (χ4n) is 4.22. The van der Waals surface area contributed by atoms with Crippen molar-refractivity contribution in [1.29, 1.82) is 0 Å². The van der Waals surface area contributed by atoms with Gasteiger partial charge in [0.1, 0.15) is 12.2 Å². The van der Waals surface area contributed by atoms with E-state index in [4.69, 9.17) is 13.9 Å². The molecule has 5 rings (SSSR count). The highest BCUT2D eigenvalue weighted by Crippen LogP contribution is 2.56. The Morgan fingerprint density at radius 1 is 1.38 bits per heavy atom. The number of esters is 2. The van der Waals surface area contributed by atoms with Gasteiger partial charge in [-0.15, -0.1) is 0 Å². The van der Waals surface area contributed by atoms with Gasteiger partial charge in [0.05, 0.1) is 18.1 Å². The third-order valence-electron chi connectivity index (χ3n) is 5.88. The van der Waals surface area contributed by atoms with E-state index in [1.165, 1.54) is 18.6 Å². The summed E-state index contributed by atoms with van der Waals surface area (Å²) in [5.41, 5.74) is -0.678. The maximum absolute atomic E-state index is 12.7. The number of hydrogen-bond acceptors (Lipinski definition) is 6. The zero-order valence-corrected chi connectivity index (χ0v) is 14.8. The molecule has 1 saturated heterocycles. The summed E-state index contributed by atoms with van der Waals surface area (Å²) in [6.45, 7) is 5.40. The lowest BCUT2D eigenvalue weighted by molar-refractivity contribution is -0.201. The van der Waals surface area contributed by atoms with Gasteiger partial charge in [-0.3, -0.25) is 0 Å². The summed E-state index contributed by atoms with van der Waals surface area (Å²) in [6.07, 6.45) is 8.64. The smallest absolute Gasteiger partial charge is 0.343 e. The van der Waals surface area contributed by atoms with Crippen molar-refractivity contribution in [2.45, 2.75) is 38.6 Å². The first-order chi connectivity index (χ1) is 12.3. The second kappa shape index (κ2) is 5.45. The molecular weight excluding hydrogens is 336 g/mol. The molecule has 1 aromatic heterocycles. The number of carbonyl (C=O) groups is 2. The monoisotopic (exact) mass is 356 g/mol. The number of ether oxygens (including phenoxy) is 2. The molecule has 26 heavy (non-hydrogen) atoms. The maximum atomic E-state index is 12.7. The molecule has 6 nitrogen and oxygen atoms in total. The van der Waals surface area contributed by atoms with Crippen LogP contribution in [0, 0.1) is 11.3 Å². The summed E-state index contributed by atoms with van der Waals surface area (Å²) in [4.78, 5) is 24.9. The quantitative estimate of drug-likeness (QED) is 0.662. The molecule has 0 radical (unpaired) electrons. The standard InChI is InChI=1S/C20H20O6/c1-11-14(17(21)25-12(2)13-6-9-24-10-13)4-7-19(3)16(11)15-5-8-20(19,23)18(22)26-15/h4-10,12,15-16,23H,1-3H3. The molecular formula is C20H20O6. The lowest BCUT2D eigenvalue weighted by Crippen LogP contribution is -2.65. The molecule has 136 valence electrons. The molecule has 6 heteroatoms. The lowest BCUT2D eigenvalue weighted by atomic mass is 9.54. The van der Waals surface area contributed by atoms with Crippen molar-refractivity contribution < 1.29 is 28.6 Å². The zero-order valence-electron chi connectivity index (χ0n) is 14.8. The molecule has 1 fully saturated rings. The van der Waals surface area contributed by atoms with Crippen LogP contribution < -0.4 is 0 Å². The van der Waals surface area contributed by atoms with Gasteiger partial charge >= 0.3 is 11.9 Å². The van der Waals surface area contributed by atoms with Gasteiger partial charge in [0.2, 0.25) is 0 Å². The Labute approximate surface area is 150 Å². The average Bonchev–Trinajstić information content (AvgIpc) is 3.11. The number of aliphatic hydroxyl groups is 1. The van der Waals surface area contributed by atoms with E-state index in [0.717, 1.165) is 11.1 Å². The first-order valence-corrected chi connectivity index (χ1v) is 8.54. The number of fused-ring (bicyclic) bond motifs is 1. The maximum Gasteiger partial charge on any atom is 0.343 e. The number of furan rings is 1. The molecule has 3 heterocycles. The van der Waals surface area contributed by atoms with Crippen molar-refractivity contribution >= 4 is 11.9 Å². The SMILES string of the molecule is CC1=C(C(=O)OC(C)c2ccoc2)C=CC2(C)C1C1C=CC2(O)C(=O)O1. The molecule has 1 N–H and O–H groups in total. The fourth-order valence-corrected chi connectivity index (χ4v) is 4.22. The Bertz CT molecular complexity index is 861. The Hall–Kier alpha value is -2.60. The van der Waals surface area contributed by atoms with Gasteiger partial charge in [-0.1, -0.05) is 24.6 Å². The van der Waals surface area contributed by atoms with Crippen LogP contribution in [0.4, 0.5) is 0 Å². The van der Waals surface area contributed by atoms with E-state index in [1.54, 1.807) is 31.2 Å². The van der Waals surface area contributed by atoms with Crippen LogP contribution in [0.25, 0.3) is 0 Å². The molecule has 1 aromatic rings. The highest BCUT2D eigenvalue weighted by Gasteiger charge is 2.65. The summed E-state index contributed by atoms with van der Waals surface area (Å²) in [6, 6.07) is 1.74. The Morgan fingerprint density at radius 3 is 2.81 bits per heavy atom. The van der Waals surface area contributed by atoms with Gasteiger partial charge in [-0.05, 0) is 32.1 Å².